The number of rotatable bonds is 5. The number of nitrogens with zero attached hydrogens (tertiary/aromatic N) is 1. The van der Waals surface area contributed by atoms with Crippen molar-refractivity contribution in [2.75, 3.05) is 52.6 Å². The summed E-state index contributed by atoms with van der Waals surface area (Å²) in [6, 6.07) is 0.556. The van der Waals surface area contributed by atoms with Crippen LogP contribution in [0.2, 0.25) is 0 Å². The summed E-state index contributed by atoms with van der Waals surface area (Å²) >= 11 is 0. The van der Waals surface area contributed by atoms with Crippen LogP contribution < -0.4 is 5.32 Å². The molecule has 4 heteroatoms. The second-order valence-corrected chi connectivity index (χ2v) is 5.79. The van der Waals surface area contributed by atoms with Gasteiger partial charge < -0.3 is 14.8 Å². The van der Waals surface area contributed by atoms with Crippen molar-refractivity contribution >= 4 is 0 Å². The lowest BCUT2D eigenvalue weighted by atomic mass is 9.79. The molecule has 2 aliphatic heterocycles. The number of ether oxygens (including phenoxy) is 2. The van der Waals surface area contributed by atoms with Gasteiger partial charge in [0, 0.05) is 38.9 Å². The predicted molar refractivity (Wildman–Crippen MR) is 72.9 cm³/mol. The van der Waals surface area contributed by atoms with Gasteiger partial charge in [0.05, 0.1) is 13.2 Å². The molecule has 0 bridgehead atoms. The van der Waals surface area contributed by atoms with E-state index in [0.717, 1.165) is 46.1 Å². The topological polar surface area (TPSA) is 33.7 Å². The van der Waals surface area contributed by atoms with Gasteiger partial charge in [-0.2, -0.15) is 0 Å². The first-order valence-electron chi connectivity index (χ1n) is 7.36. The maximum absolute atomic E-state index is 5.55. The van der Waals surface area contributed by atoms with Crippen LogP contribution in [0.4, 0.5) is 0 Å². The van der Waals surface area contributed by atoms with E-state index in [4.69, 9.17) is 9.47 Å². The zero-order valence-corrected chi connectivity index (χ0v) is 11.9. The maximum atomic E-state index is 5.55. The highest BCUT2D eigenvalue weighted by Gasteiger charge is 2.35. The molecule has 2 aliphatic rings. The highest BCUT2D eigenvalue weighted by atomic mass is 16.5. The Morgan fingerprint density at radius 3 is 2.67 bits per heavy atom. The van der Waals surface area contributed by atoms with E-state index in [0.29, 0.717) is 11.5 Å². The van der Waals surface area contributed by atoms with Crippen molar-refractivity contribution < 1.29 is 9.47 Å². The highest BCUT2D eigenvalue weighted by Crippen LogP contribution is 2.32. The van der Waals surface area contributed by atoms with Gasteiger partial charge in [-0.25, -0.2) is 0 Å². The molecule has 0 radical (unpaired) electrons. The second kappa shape index (κ2) is 6.85. The summed E-state index contributed by atoms with van der Waals surface area (Å²) in [4.78, 5) is 2.60. The van der Waals surface area contributed by atoms with Crippen LogP contribution in [0, 0.1) is 5.41 Å². The van der Waals surface area contributed by atoms with Gasteiger partial charge in [-0.15, -0.1) is 0 Å². The molecule has 0 amide bonds. The molecule has 18 heavy (non-hydrogen) atoms. The molecule has 106 valence electrons. The first kappa shape index (κ1) is 14.3. The minimum atomic E-state index is 0.403. The van der Waals surface area contributed by atoms with Gasteiger partial charge in [-0.3, -0.25) is 4.90 Å². The molecule has 1 atom stereocenters. The van der Waals surface area contributed by atoms with Crippen molar-refractivity contribution in [1.82, 2.24) is 10.2 Å². The van der Waals surface area contributed by atoms with Gasteiger partial charge in [-0.05, 0) is 31.7 Å². The zero-order valence-electron chi connectivity index (χ0n) is 11.9. The molecule has 2 saturated heterocycles. The van der Waals surface area contributed by atoms with Crippen LogP contribution in [0.25, 0.3) is 0 Å². The molecule has 1 N–H and O–H groups in total. The lowest BCUT2D eigenvalue weighted by Crippen LogP contribution is -2.53. The molecule has 0 aromatic carbocycles. The normalized spacial score (nSPS) is 29.3. The monoisotopic (exact) mass is 256 g/mol. The van der Waals surface area contributed by atoms with Gasteiger partial charge in [0.2, 0.25) is 0 Å². The SMILES string of the molecule is CCNCC1(CN2CCOCC2C)CCOCC1. The fourth-order valence-corrected chi connectivity index (χ4v) is 3.01. The Bertz CT molecular complexity index is 242. The summed E-state index contributed by atoms with van der Waals surface area (Å²) in [6.45, 7) is 12.5. The third kappa shape index (κ3) is 3.67. The van der Waals surface area contributed by atoms with E-state index in [2.05, 4.69) is 24.1 Å². The summed E-state index contributed by atoms with van der Waals surface area (Å²) < 4.78 is 11.1. The van der Waals surface area contributed by atoms with Gasteiger partial charge in [-0.1, -0.05) is 6.92 Å². The fourth-order valence-electron chi connectivity index (χ4n) is 3.01. The summed E-state index contributed by atoms with van der Waals surface area (Å²) in [5, 5.41) is 3.55. The Labute approximate surface area is 111 Å². The van der Waals surface area contributed by atoms with E-state index in [1.807, 2.05) is 0 Å². The average molecular weight is 256 g/mol. The molecule has 0 aromatic rings. The van der Waals surface area contributed by atoms with Crippen LogP contribution in [0.1, 0.15) is 26.7 Å². The zero-order chi connectivity index (χ0) is 12.8. The fraction of sp³-hybridized carbons (Fsp3) is 1.00. The van der Waals surface area contributed by atoms with E-state index in [1.54, 1.807) is 0 Å². The van der Waals surface area contributed by atoms with E-state index in [1.165, 1.54) is 19.4 Å². The Morgan fingerprint density at radius 2 is 2.00 bits per heavy atom. The van der Waals surface area contributed by atoms with Gasteiger partial charge in [0.15, 0.2) is 0 Å². The molecule has 2 fully saturated rings. The van der Waals surface area contributed by atoms with Crippen LogP contribution >= 0.6 is 0 Å². The molecule has 2 rings (SSSR count). The van der Waals surface area contributed by atoms with Crippen molar-refractivity contribution in [3.05, 3.63) is 0 Å². The van der Waals surface area contributed by atoms with Crippen LogP contribution in [0.5, 0.6) is 0 Å². The second-order valence-electron chi connectivity index (χ2n) is 5.79. The number of nitrogens with one attached hydrogen (secondary N) is 1. The summed E-state index contributed by atoms with van der Waals surface area (Å²) in [6.07, 6.45) is 2.37. The molecule has 0 aliphatic carbocycles. The smallest absolute Gasteiger partial charge is 0.0619 e. The lowest BCUT2D eigenvalue weighted by Gasteiger charge is -2.44. The lowest BCUT2D eigenvalue weighted by molar-refractivity contribution is -0.0494. The first-order chi connectivity index (χ1) is 8.76. The van der Waals surface area contributed by atoms with Crippen LogP contribution in [-0.2, 0) is 9.47 Å². The Kier molecular flexibility index (Phi) is 5.42. The summed E-state index contributed by atoms with van der Waals surface area (Å²) in [5.41, 5.74) is 0.403. The van der Waals surface area contributed by atoms with E-state index >= 15 is 0 Å². The van der Waals surface area contributed by atoms with Gasteiger partial charge in [0.25, 0.3) is 0 Å². The van der Waals surface area contributed by atoms with Crippen LogP contribution in [0.15, 0.2) is 0 Å². The Hall–Kier alpha value is -0.160. The minimum Gasteiger partial charge on any atom is -0.381 e. The quantitative estimate of drug-likeness (QED) is 0.799. The number of hydrogen-bond acceptors (Lipinski definition) is 4. The maximum Gasteiger partial charge on any atom is 0.0619 e. The van der Waals surface area contributed by atoms with Crippen LogP contribution in [-0.4, -0.2) is 63.5 Å². The van der Waals surface area contributed by atoms with E-state index in [-0.39, 0.29) is 0 Å². The molecular formula is C14H28N2O2. The van der Waals surface area contributed by atoms with Crippen molar-refractivity contribution in [1.29, 1.82) is 0 Å². The molecule has 4 nitrogen and oxygen atoms in total. The third-order valence-electron chi connectivity index (χ3n) is 4.35. The molecule has 2 heterocycles. The van der Waals surface area contributed by atoms with Crippen LogP contribution in [0.3, 0.4) is 0 Å². The number of hydrogen-bond donors (Lipinski definition) is 1. The molecular weight excluding hydrogens is 228 g/mol. The van der Waals surface area contributed by atoms with Crippen molar-refractivity contribution in [2.24, 2.45) is 5.41 Å². The molecule has 0 saturated carbocycles. The average Bonchev–Trinajstić information content (AvgIpc) is 2.40. The summed E-state index contributed by atoms with van der Waals surface area (Å²) in [7, 11) is 0. The van der Waals surface area contributed by atoms with Crippen molar-refractivity contribution in [2.45, 2.75) is 32.7 Å². The molecule has 1 unspecified atom stereocenters. The van der Waals surface area contributed by atoms with E-state index in [9.17, 15) is 0 Å². The third-order valence-corrected chi connectivity index (χ3v) is 4.35. The van der Waals surface area contributed by atoms with Crippen molar-refractivity contribution in [3.63, 3.8) is 0 Å². The number of morpholine rings is 1. The summed E-state index contributed by atoms with van der Waals surface area (Å²) in [5.74, 6) is 0. The predicted octanol–water partition coefficient (Wildman–Crippen LogP) is 1.11. The largest absolute Gasteiger partial charge is 0.381 e. The molecule has 0 spiro atoms. The van der Waals surface area contributed by atoms with Crippen molar-refractivity contribution in [3.8, 4) is 0 Å². The van der Waals surface area contributed by atoms with Gasteiger partial charge >= 0.3 is 0 Å². The molecule has 0 aromatic heterocycles. The minimum absolute atomic E-state index is 0.403. The first-order valence-corrected chi connectivity index (χ1v) is 7.36. The van der Waals surface area contributed by atoms with E-state index < -0.39 is 0 Å². The Balaban J connectivity index is 1.94. The van der Waals surface area contributed by atoms with Gasteiger partial charge in [0.1, 0.15) is 0 Å². The highest BCUT2D eigenvalue weighted by molar-refractivity contribution is 4.89. The Morgan fingerprint density at radius 1 is 1.22 bits per heavy atom. The standard InChI is InChI=1S/C14H28N2O2/c1-3-15-11-14(4-7-17-8-5-14)12-16-6-9-18-10-13(16)2/h13,15H,3-12H2,1-2H3.